The van der Waals surface area contributed by atoms with Gasteiger partial charge in [-0.3, -0.25) is 20.4 Å². The molecular formula is C20H22FN3O4S. The van der Waals surface area contributed by atoms with Gasteiger partial charge in [0.15, 0.2) is 0 Å². The van der Waals surface area contributed by atoms with Crippen molar-refractivity contribution in [2.24, 2.45) is 5.92 Å². The minimum absolute atomic E-state index is 0.0206. The van der Waals surface area contributed by atoms with Crippen LogP contribution in [0.2, 0.25) is 0 Å². The molecule has 0 bridgehead atoms. The SMILES string of the molecule is Cc1ccccc1C(=O)NNC(=O)C1CCN(S(=O)(=O)c2ccc(F)cc2)CC1. The van der Waals surface area contributed by atoms with E-state index in [-0.39, 0.29) is 23.9 Å². The second-order valence-electron chi connectivity index (χ2n) is 6.89. The van der Waals surface area contributed by atoms with Gasteiger partial charge < -0.3 is 0 Å². The molecule has 29 heavy (non-hydrogen) atoms. The maximum Gasteiger partial charge on any atom is 0.269 e. The number of amides is 2. The molecule has 1 aliphatic rings. The van der Waals surface area contributed by atoms with Crippen molar-refractivity contribution in [1.82, 2.24) is 15.2 Å². The maximum atomic E-state index is 13.0. The van der Waals surface area contributed by atoms with Gasteiger partial charge in [0.05, 0.1) is 4.90 Å². The Morgan fingerprint density at radius 2 is 1.62 bits per heavy atom. The van der Waals surface area contributed by atoms with Gasteiger partial charge in [-0.2, -0.15) is 4.31 Å². The zero-order valence-electron chi connectivity index (χ0n) is 15.9. The minimum atomic E-state index is -3.73. The first-order chi connectivity index (χ1) is 13.8. The van der Waals surface area contributed by atoms with Crippen LogP contribution in [0.3, 0.4) is 0 Å². The number of piperidine rings is 1. The Balaban J connectivity index is 1.53. The highest BCUT2D eigenvalue weighted by Crippen LogP contribution is 2.24. The van der Waals surface area contributed by atoms with Gasteiger partial charge in [-0.15, -0.1) is 0 Å². The van der Waals surface area contributed by atoms with Crippen molar-refractivity contribution in [2.75, 3.05) is 13.1 Å². The van der Waals surface area contributed by atoms with E-state index in [1.165, 1.54) is 16.4 Å². The van der Waals surface area contributed by atoms with Crippen LogP contribution in [0.15, 0.2) is 53.4 Å². The minimum Gasteiger partial charge on any atom is -0.273 e. The maximum absolute atomic E-state index is 13.0. The largest absolute Gasteiger partial charge is 0.273 e. The lowest BCUT2D eigenvalue weighted by Gasteiger charge is -2.30. The summed E-state index contributed by atoms with van der Waals surface area (Å²) >= 11 is 0. The second kappa shape index (κ2) is 8.71. The molecular weight excluding hydrogens is 397 g/mol. The van der Waals surface area contributed by atoms with Gasteiger partial charge in [-0.25, -0.2) is 12.8 Å². The van der Waals surface area contributed by atoms with E-state index < -0.39 is 27.7 Å². The first-order valence-corrected chi connectivity index (χ1v) is 10.6. The first kappa shape index (κ1) is 20.9. The Bertz CT molecular complexity index is 1000. The van der Waals surface area contributed by atoms with Gasteiger partial charge >= 0.3 is 0 Å². The van der Waals surface area contributed by atoms with Gasteiger partial charge in [-0.05, 0) is 55.7 Å². The van der Waals surface area contributed by atoms with Crippen molar-refractivity contribution in [3.8, 4) is 0 Å². The molecule has 0 atom stereocenters. The van der Waals surface area contributed by atoms with Crippen LogP contribution in [-0.2, 0) is 14.8 Å². The van der Waals surface area contributed by atoms with E-state index in [2.05, 4.69) is 10.9 Å². The number of hydrazine groups is 1. The van der Waals surface area contributed by atoms with Crippen molar-refractivity contribution in [3.63, 3.8) is 0 Å². The van der Waals surface area contributed by atoms with Crippen LogP contribution in [0.4, 0.5) is 4.39 Å². The predicted octanol–water partition coefficient (Wildman–Crippen LogP) is 2.00. The average Bonchev–Trinajstić information content (AvgIpc) is 2.72. The number of nitrogens with zero attached hydrogens (tertiary/aromatic N) is 1. The van der Waals surface area contributed by atoms with Gasteiger partial charge in [0.1, 0.15) is 5.82 Å². The van der Waals surface area contributed by atoms with Crippen molar-refractivity contribution < 1.29 is 22.4 Å². The molecule has 2 amide bonds. The zero-order chi connectivity index (χ0) is 21.0. The summed E-state index contributed by atoms with van der Waals surface area (Å²) in [5.41, 5.74) is 6.08. The summed E-state index contributed by atoms with van der Waals surface area (Å²) in [6.45, 7) is 2.14. The van der Waals surface area contributed by atoms with E-state index in [4.69, 9.17) is 0 Å². The molecule has 0 unspecified atom stereocenters. The standard InChI is InChI=1S/C20H22FN3O4S/c1-14-4-2-3-5-18(14)20(26)23-22-19(25)15-10-12-24(13-11-15)29(27,28)17-8-6-16(21)7-9-17/h2-9,15H,10-13H2,1H3,(H,22,25)(H,23,26). The number of aryl methyl sites for hydroxylation is 1. The average molecular weight is 419 g/mol. The molecule has 2 aromatic carbocycles. The van der Waals surface area contributed by atoms with Crippen molar-refractivity contribution in [2.45, 2.75) is 24.7 Å². The highest BCUT2D eigenvalue weighted by molar-refractivity contribution is 7.89. The molecule has 0 radical (unpaired) electrons. The van der Waals surface area contributed by atoms with Crippen LogP contribution >= 0.6 is 0 Å². The summed E-state index contributed by atoms with van der Waals surface area (Å²) in [5, 5.41) is 0. The molecule has 154 valence electrons. The third-order valence-corrected chi connectivity index (χ3v) is 6.88. The van der Waals surface area contributed by atoms with Gasteiger partial charge in [-0.1, -0.05) is 18.2 Å². The van der Waals surface area contributed by atoms with Crippen LogP contribution in [-0.4, -0.2) is 37.6 Å². The lowest BCUT2D eigenvalue weighted by Crippen LogP contribution is -2.48. The lowest BCUT2D eigenvalue weighted by atomic mass is 9.97. The van der Waals surface area contributed by atoms with Crippen molar-refractivity contribution in [1.29, 1.82) is 0 Å². The topological polar surface area (TPSA) is 95.6 Å². The van der Waals surface area contributed by atoms with Gasteiger partial charge in [0.2, 0.25) is 15.9 Å². The van der Waals surface area contributed by atoms with Crippen LogP contribution < -0.4 is 10.9 Å². The number of benzene rings is 2. The zero-order valence-corrected chi connectivity index (χ0v) is 16.7. The van der Waals surface area contributed by atoms with E-state index in [1.807, 2.05) is 6.07 Å². The lowest BCUT2D eigenvalue weighted by molar-refractivity contribution is -0.126. The van der Waals surface area contributed by atoms with Crippen molar-refractivity contribution >= 4 is 21.8 Å². The third kappa shape index (κ3) is 4.80. The molecule has 1 saturated heterocycles. The van der Waals surface area contributed by atoms with Crippen molar-refractivity contribution in [3.05, 3.63) is 65.5 Å². The first-order valence-electron chi connectivity index (χ1n) is 9.20. The Morgan fingerprint density at radius 3 is 2.24 bits per heavy atom. The molecule has 7 nitrogen and oxygen atoms in total. The Morgan fingerprint density at radius 1 is 1.00 bits per heavy atom. The summed E-state index contributed by atoms with van der Waals surface area (Å²) < 4.78 is 39.6. The number of sulfonamides is 1. The highest BCUT2D eigenvalue weighted by Gasteiger charge is 2.32. The monoisotopic (exact) mass is 419 g/mol. The summed E-state index contributed by atoms with van der Waals surface area (Å²) in [6, 6.07) is 11.7. The molecule has 1 fully saturated rings. The van der Waals surface area contributed by atoms with Crippen LogP contribution in [0.5, 0.6) is 0 Å². The summed E-state index contributed by atoms with van der Waals surface area (Å²) in [6.07, 6.45) is 0.652. The molecule has 1 heterocycles. The molecule has 0 aromatic heterocycles. The molecule has 2 N–H and O–H groups in total. The fraction of sp³-hybridized carbons (Fsp3) is 0.300. The smallest absolute Gasteiger partial charge is 0.269 e. The van der Waals surface area contributed by atoms with E-state index >= 15 is 0 Å². The normalized spacial score (nSPS) is 15.7. The number of hydrogen-bond donors (Lipinski definition) is 2. The molecule has 1 aliphatic heterocycles. The number of carbonyl (C=O) groups excluding carboxylic acids is 2. The summed E-state index contributed by atoms with van der Waals surface area (Å²) in [7, 11) is -3.73. The van der Waals surface area contributed by atoms with Gasteiger partial charge in [0.25, 0.3) is 5.91 Å². The quantitative estimate of drug-likeness (QED) is 0.741. The number of halogens is 1. The molecule has 2 aromatic rings. The fourth-order valence-corrected chi connectivity index (χ4v) is 4.70. The second-order valence-corrected chi connectivity index (χ2v) is 8.83. The molecule has 0 saturated carbocycles. The number of rotatable bonds is 4. The Kier molecular flexibility index (Phi) is 6.29. The Hall–Kier alpha value is -2.78. The molecule has 3 rings (SSSR count). The van der Waals surface area contributed by atoms with Crippen LogP contribution in [0, 0.1) is 18.7 Å². The third-order valence-electron chi connectivity index (χ3n) is 4.97. The van der Waals surface area contributed by atoms with E-state index in [0.29, 0.717) is 18.4 Å². The Labute approximate surface area is 168 Å². The molecule has 9 heteroatoms. The van der Waals surface area contributed by atoms with Crippen LogP contribution in [0.1, 0.15) is 28.8 Å². The fourth-order valence-electron chi connectivity index (χ4n) is 3.23. The van der Waals surface area contributed by atoms with E-state index in [1.54, 1.807) is 25.1 Å². The van der Waals surface area contributed by atoms with Crippen LogP contribution in [0.25, 0.3) is 0 Å². The molecule has 0 aliphatic carbocycles. The number of nitrogens with one attached hydrogen (secondary N) is 2. The molecule has 0 spiro atoms. The summed E-state index contributed by atoms with van der Waals surface area (Å²) in [5.74, 6) is -1.68. The summed E-state index contributed by atoms with van der Waals surface area (Å²) in [4.78, 5) is 24.5. The van der Waals surface area contributed by atoms with E-state index in [0.717, 1.165) is 17.7 Å². The number of hydrogen-bond acceptors (Lipinski definition) is 4. The number of carbonyl (C=O) groups is 2. The predicted molar refractivity (Wildman–Crippen MR) is 105 cm³/mol. The van der Waals surface area contributed by atoms with E-state index in [9.17, 15) is 22.4 Å². The highest BCUT2D eigenvalue weighted by atomic mass is 32.2. The van der Waals surface area contributed by atoms with Gasteiger partial charge in [0, 0.05) is 24.6 Å².